The lowest BCUT2D eigenvalue weighted by Gasteiger charge is -2.09. The fourth-order valence-electron chi connectivity index (χ4n) is 1.66. The molecule has 0 radical (unpaired) electrons. The Morgan fingerprint density at radius 2 is 2.22 bits per heavy atom. The monoisotopic (exact) mass is 255 g/mol. The Labute approximate surface area is 109 Å². The molecule has 1 heterocycles. The van der Waals surface area contributed by atoms with Crippen LogP contribution in [0, 0.1) is 0 Å². The van der Waals surface area contributed by atoms with Crippen molar-refractivity contribution < 1.29 is 9.47 Å². The normalized spacial score (nSPS) is 11.0. The molecule has 1 aromatic heterocycles. The second-order valence-corrected chi connectivity index (χ2v) is 4.18. The van der Waals surface area contributed by atoms with Crippen LogP contribution in [0.25, 0.3) is 0 Å². The van der Waals surface area contributed by atoms with E-state index in [2.05, 4.69) is 17.3 Å². The molecule has 0 bridgehead atoms. The zero-order valence-electron chi connectivity index (χ0n) is 11.5. The van der Waals surface area contributed by atoms with E-state index in [1.54, 1.807) is 7.11 Å². The Morgan fingerprint density at radius 3 is 3.00 bits per heavy atom. The van der Waals surface area contributed by atoms with E-state index in [0.29, 0.717) is 6.61 Å². The molecule has 0 aliphatic carbocycles. The third-order valence-electron chi connectivity index (χ3n) is 2.62. The summed E-state index contributed by atoms with van der Waals surface area (Å²) in [6, 6.07) is 2.05. The summed E-state index contributed by atoms with van der Waals surface area (Å²) in [6.07, 6.45) is 3.94. The first-order valence-electron chi connectivity index (χ1n) is 6.66. The Hall–Kier alpha value is -0.910. The smallest absolute Gasteiger partial charge is 0.0662 e. The standard InChI is InChI=1S/C13H25N3O2/c1-3-6-14-12-13-5-7-15-16(13)8-11-18-10-4-9-17-2/h5,7,14H,3-4,6,8-12H2,1-2H3. The van der Waals surface area contributed by atoms with Gasteiger partial charge in [-0.25, -0.2) is 0 Å². The minimum Gasteiger partial charge on any atom is -0.385 e. The van der Waals surface area contributed by atoms with Crippen molar-refractivity contribution in [3.8, 4) is 0 Å². The van der Waals surface area contributed by atoms with E-state index in [9.17, 15) is 0 Å². The maximum atomic E-state index is 5.53. The van der Waals surface area contributed by atoms with Gasteiger partial charge in [0.05, 0.1) is 18.8 Å². The molecule has 0 saturated heterocycles. The molecule has 5 heteroatoms. The van der Waals surface area contributed by atoms with Crippen LogP contribution in [0.15, 0.2) is 12.3 Å². The van der Waals surface area contributed by atoms with Gasteiger partial charge < -0.3 is 14.8 Å². The van der Waals surface area contributed by atoms with E-state index in [1.807, 2.05) is 16.9 Å². The van der Waals surface area contributed by atoms with Crippen LogP contribution in [0.4, 0.5) is 0 Å². The molecule has 0 atom stereocenters. The van der Waals surface area contributed by atoms with Gasteiger partial charge in [-0.15, -0.1) is 0 Å². The molecule has 0 fully saturated rings. The fraction of sp³-hybridized carbons (Fsp3) is 0.769. The molecule has 1 aromatic rings. The molecule has 0 amide bonds. The van der Waals surface area contributed by atoms with Crippen LogP contribution in [0.1, 0.15) is 25.5 Å². The van der Waals surface area contributed by atoms with Crippen LogP contribution in [0.2, 0.25) is 0 Å². The van der Waals surface area contributed by atoms with Crippen LogP contribution in [0.3, 0.4) is 0 Å². The summed E-state index contributed by atoms with van der Waals surface area (Å²) >= 11 is 0. The number of nitrogens with one attached hydrogen (secondary N) is 1. The zero-order valence-corrected chi connectivity index (χ0v) is 11.5. The van der Waals surface area contributed by atoms with Gasteiger partial charge in [-0.1, -0.05) is 6.92 Å². The van der Waals surface area contributed by atoms with Crippen molar-refractivity contribution in [2.24, 2.45) is 0 Å². The van der Waals surface area contributed by atoms with Gasteiger partial charge in [-0.05, 0) is 25.5 Å². The summed E-state index contributed by atoms with van der Waals surface area (Å²) in [5.41, 5.74) is 1.21. The average molecular weight is 255 g/mol. The van der Waals surface area contributed by atoms with E-state index in [0.717, 1.165) is 45.7 Å². The minimum absolute atomic E-state index is 0.701. The van der Waals surface area contributed by atoms with Crippen LogP contribution in [-0.2, 0) is 22.6 Å². The van der Waals surface area contributed by atoms with Crippen molar-refractivity contribution in [1.29, 1.82) is 0 Å². The maximum absolute atomic E-state index is 5.53. The number of methoxy groups -OCH3 is 1. The topological polar surface area (TPSA) is 48.3 Å². The predicted molar refractivity (Wildman–Crippen MR) is 71.5 cm³/mol. The Balaban J connectivity index is 2.15. The highest BCUT2D eigenvalue weighted by molar-refractivity contribution is 4.99. The Kier molecular flexibility index (Phi) is 8.46. The molecule has 0 aliphatic heterocycles. The van der Waals surface area contributed by atoms with Crippen molar-refractivity contribution in [1.82, 2.24) is 15.1 Å². The number of aromatic nitrogens is 2. The molecule has 0 aliphatic rings. The summed E-state index contributed by atoms with van der Waals surface area (Å²) in [6.45, 7) is 7.09. The van der Waals surface area contributed by atoms with Gasteiger partial charge in [-0.3, -0.25) is 4.68 Å². The lowest BCUT2D eigenvalue weighted by Crippen LogP contribution is -2.19. The summed E-state index contributed by atoms with van der Waals surface area (Å²) in [5.74, 6) is 0. The SMILES string of the molecule is CCCNCc1ccnn1CCOCCCOC. The van der Waals surface area contributed by atoms with Crippen LogP contribution in [0.5, 0.6) is 0 Å². The Bertz CT molecular complexity index is 302. The number of ether oxygens (including phenoxy) is 2. The second kappa shape index (κ2) is 10.1. The molecule has 0 unspecified atom stereocenters. The third-order valence-corrected chi connectivity index (χ3v) is 2.62. The van der Waals surface area contributed by atoms with Crippen molar-refractivity contribution in [3.05, 3.63) is 18.0 Å². The van der Waals surface area contributed by atoms with E-state index in [4.69, 9.17) is 9.47 Å². The van der Waals surface area contributed by atoms with Gasteiger partial charge in [0.25, 0.3) is 0 Å². The largest absolute Gasteiger partial charge is 0.385 e. The molecule has 0 aromatic carbocycles. The highest BCUT2D eigenvalue weighted by Crippen LogP contribution is 1.99. The molecule has 104 valence electrons. The molecule has 1 N–H and O–H groups in total. The van der Waals surface area contributed by atoms with E-state index < -0.39 is 0 Å². The van der Waals surface area contributed by atoms with Crippen molar-refractivity contribution in [2.45, 2.75) is 32.9 Å². The predicted octanol–water partition coefficient (Wildman–Crippen LogP) is 1.44. The first-order chi connectivity index (χ1) is 8.88. The molecule has 1 rings (SSSR count). The van der Waals surface area contributed by atoms with Gasteiger partial charge >= 0.3 is 0 Å². The maximum Gasteiger partial charge on any atom is 0.0662 e. The summed E-state index contributed by atoms with van der Waals surface area (Å²) < 4.78 is 12.5. The number of rotatable bonds is 11. The molecule has 0 spiro atoms. The molecule has 5 nitrogen and oxygen atoms in total. The molecular formula is C13H25N3O2. The van der Waals surface area contributed by atoms with E-state index in [-0.39, 0.29) is 0 Å². The molecule has 0 saturated carbocycles. The summed E-state index contributed by atoms with van der Waals surface area (Å²) in [4.78, 5) is 0. The van der Waals surface area contributed by atoms with E-state index >= 15 is 0 Å². The highest BCUT2D eigenvalue weighted by Gasteiger charge is 2.01. The minimum atomic E-state index is 0.701. The van der Waals surface area contributed by atoms with Crippen LogP contribution < -0.4 is 5.32 Å². The number of hydrogen-bond acceptors (Lipinski definition) is 4. The summed E-state index contributed by atoms with van der Waals surface area (Å²) in [5, 5.41) is 7.68. The van der Waals surface area contributed by atoms with Gasteiger partial charge in [0, 0.05) is 33.1 Å². The molecule has 18 heavy (non-hydrogen) atoms. The first kappa shape index (κ1) is 15.1. The molecular weight excluding hydrogens is 230 g/mol. The first-order valence-corrected chi connectivity index (χ1v) is 6.66. The van der Waals surface area contributed by atoms with Gasteiger partial charge in [-0.2, -0.15) is 5.10 Å². The van der Waals surface area contributed by atoms with E-state index in [1.165, 1.54) is 5.69 Å². The van der Waals surface area contributed by atoms with Gasteiger partial charge in [0.1, 0.15) is 0 Å². The van der Waals surface area contributed by atoms with Crippen LogP contribution in [-0.4, -0.2) is 43.3 Å². The van der Waals surface area contributed by atoms with Crippen molar-refractivity contribution >= 4 is 0 Å². The highest BCUT2D eigenvalue weighted by atomic mass is 16.5. The lowest BCUT2D eigenvalue weighted by molar-refractivity contribution is 0.0956. The third kappa shape index (κ3) is 6.14. The van der Waals surface area contributed by atoms with Gasteiger partial charge in [0.15, 0.2) is 0 Å². The zero-order chi connectivity index (χ0) is 13.1. The average Bonchev–Trinajstić information content (AvgIpc) is 2.82. The quantitative estimate of drug-likeness (QED) is 0.608. The Morgan fingerprint density at radius 1 is 1.33 bits per heavy atom. The summed E-state index contributed by atoms with van der Waals surface area (Å²) in [7, 11) is 1.71. The second-order valence-electron chi connectivity index (χ2n) is 4.18. The number of nitrogens with zero attached hydrogens (tertiary/aromatic N) is 2. The lowest BCUT2D eigenvalue weighted by atomic mass is 10.4. The van der Waals surface area contributed by atoms with Crippen LogP contribution >= 0.6 is 0 Å². The fourth-order valence-corrected chi connectivity index (χ4v) is 1.66. The number of hydrogen-bond donors (Lipinski definition) is 1. The van der Waals surface area contributed by atoms with Crippen molar-refractivity contribution in [2.75, 3.05) is 33.5 Å². The van der Waals surface area contributed by atoms with Gasteiger partial charge in [0.2, 0.25) is 0 Å². The van der Waals surface area contributed by atoms with Crippen molar-refractivity contribution in [3.63, 3.8) is 0 Å².